The van der Waals surface area contributed by atoms with E-state index in [1.165, 1.54) is 0 Å². The summed E-state index contributed by atoms with van der Waals surface area (Å²) >= 11 is 0. The minimum absolute atomic E-state index is 0.139. The normalized spacial score (nSPS) is 14.9. The van der Waals surface area contributed by atoms with Gasteiger partial charge < -0.3 is 4.74 Å². The zero-order valence-electron chi connectivity index (χ0n) is 9.46. The Morgan fingerprint density at radius 2 is 1.67 bits per heavy atom. The van der Waals surface area contributed by atoms with Crippen LogP contribution in [0, 0.1) is 0 Å². The monoisotopic (exact) mass is 242 g/mol. The lowest BCUT2D eigenvalue weighted by atomic mass is 10.0. The lowest BCUT2D eigenvalue weighted by Gasteiger charge is -2.12. The molecule has 0 spiro atoms. The Kier molecular flexibility index (Phi) is 3.48. The van der Waals surface area contributed by atoms with Crippen LogP contribution in [0.15, 0.2) is 53.8 Å². The number of ether oxygens (including phenoxy) is 1. The molecule has 90 valence electrons. The van der Waals surface area contributed by atoms with Crippen molar-refractivity contribution in [3.63, 3.8) is 0 Å². The zero-order valence-corrected chi connectivity index (χ0v) is 9.46. The largest absolute Gasteiger partial charge is 0.484 e. The predicted octanol–water partition coefficient (Wildman–Crippen LogP) is 1.36. The smallest absolute Gasteiger partial charge is 0.221 e. The van der Waals surface area contributed by atoms with Crippen LogP contribution in [0.25, 0.3) is 0 Å². The van der Waals surface area contributed by atoms with E-state index in [9.17, 15) is 14.4 Å². The first-order chi connectivity index (χ1) is 8.72. The molecule has 0 amide bonds. The molecule has 1 aromatic carbocycles. The number of aldehydes is 1. The van der Waals surface area contributed by atoms with Crippen molar-refractivity contribution in [3.05, 3.63) is 59.4 Å². The average Bonchev–Trinajstić information content (AvgIpc) is 2.41. The molecule has 1 aromatic rings. The molecular formula is C14H10O4. The van der Waals surface area contributed by atoms with Crippen LogP contribution in [0.5, 0.6) is 0 Å². The molecule has 1 aliphatic carbocycles. The molecule has 0 bridgehead atoms. The molecule has 0 N–H and O–H groups in total. The van der Waals surface area contributed by atoms with Gasteiger partial charge in [-0.3, -0.25) is 14.4 Å². The number of allylic oxidation sites excluding steroid dienone is 3. The van der Waals surface area contributed by atoms with Gasteiger partial charge in [-0.1, -0.05) is 30.3 Å². The van der Waals surface area contributed by atoms with E-state index < -0.39 is 11.6 Å². The van der Waals surface area contributed by atoms with Gasteiger partial charge in [0.15, 0.2) is 17.8 Å². The minimum Gasteiger partial charge on any atom is -0.484 e. The average molecular weight is 242 g/mol. The molecule has 18 heavy (non-hydrogen) atoms. The Morgan fingerprint density at radius 3 is 2.33 bits per heavy atom. The van der Waals surface area contributed by atoms with E-state index in [0.717, 1.165) is 17.7 Å². The van der Waals surface area contributed by atoms with Crippen LogP contribution < -0.4 is 0 Å². The Labute approximate surface area is 104 Å². The van der Waals surface area contributed by atoms with E-state index in [4.69, 9.17) is 4.74 Å². The predicted molar refractivity (Wildman–Crippen MR) is 63.5 cm³/mol. The van der Waals surface area contributed by atoms with Crippen LogP contribution in [0.1, 0.15) is 5.56 Å². The van der Waals surface area contributed by atoms with Gasteiger partial charge in [0.05, 0.1) is 0 Å². The van der Waals surface area contributed by atoms with E-state index in [2.05, 4.69) is 0 Å². The maximum absolute atomic E-state index is 11.5. The summed E-state index contributed by atoms with van der Waals surface area (Å²) in [5, 5.41) is 0. The molecule has 0 saturated heterocycles. The van der Waals surface area contributed by atoms with Crippen molar-refractivity contribution in [3.8, 4) is 0 Å². The van der Waals surface area contributed by atoms with Gasteiger partial charge in [0.2, 0.25) is 5.78 Å². The number of ketones is 2. The van der Waals surface area contributed by atoms with Crippen molar-refractivity contribution in [2.45, 2.75) is 6.61 Å². The van der Waals surface area contributed by atoms with Gasteiger partial charge in [0, 0.05) is 0 Å². The van der Waals surface area contributed by atoms with Crippen molar-refractivity contribution in [1.82, 2.24) is 0 Å². The summed E-state index contributed by atoms with van der Waals surface area (Å²) in [6, 6.07) is 9.18. The molecule has 0 aromatic heterocycles. The van der Waals surface area contributed by atoms with Crippen LogP contribution >= 0.6 is 0 Å². The van der Waals surface area contributed by atoms with Gasteiger partial charge in [-0.15, -0.1) is 0 Å². The second-order valence-corrected chi connectivity index (χ2v) is 3.70. The molecule has 0 aliphatic heterocycles. The highest BCUT2D eigenvalue weighted by atomic mass is 16.5. The maximum atomic E-state index is 11.5. The second-order valence-electron chi connectivity index (χ2n) is 3.70. The summed E-state index contributed by atoms with van der Waals surface area (Å²) in [5.74, 6) is -1.15. The molecule has 0 atom stereocenters. The van der Waals surface area contributed by atoms with E-state index in [1.54, 1.807) is 0 Å². The van der Waals surface area contributed by atoms with E-state index in [1.807, 2.05) is 30.3 Å². The number of benzene rings is 1. The van der Waals surface area contributed by atoms with Crippen LogP contribution in [0.3, 0.4) is 0 Å². The number of hydrogen-bond acceptors (Lipinski definition) is 4. The zero-order chi connectivity index (χ0) is 13.0. The van der Waals surface area contributed by atoms with Crippen LogP contribution in [-0.4, -0.2) is 17.9 Å². The molecule has 0 radical (unpaired) electrons. The summed E-state index contributed by atoms with van der Waals surface area (Å²) in [5.41, 5.74) is 0.628. The third-order valence-electron chi connectivity index (χ3n) is 2.46. The van der Waals surface area contributed by atoms with Crippen LogP contribution in [0.2, 0.25) is 0 Å². The molecule has 2 rings (SSSR count). The highest BCUT2D eigenvalue weighted by molar-refractivity contribution is 6.27. The number of carbonyl (C=O) groups is 3. The van der Waals surface area contributed by atoms with Gasteiger partial charge in [-0.2, -0.15) is 0 Å². The van der Waals surface area contributed by atoms with Gasteiger partial charge in [0.1, 0.15) is 12.2 Å². The molecule has 1 aliphatic rings. The molecule has 0 unspecified atom stereocenters. The Morgan fingerprint density at radius 1 is 1.00 bits per heavy atom. The standard InChI is InChI=1S/C14H10O4/c15-8-11-12(16)6-7-13(17)14(11)18-9-10-4-2-1-3-5-10/h1-8H,9H2. The minimum atomic E-state index is -0.507. The highest BCUT2D eigenvalue weighted by Gasteiger charge is 2.23. The summed E-state index contributed by atoms with van der Waals surface area (Å²) in [7, 11) is 0. The van der Waals surface area contributed by atoms with E-state index in [-0.39, 0.29) is 17.9 Å². The van der Waals surface area contributed by atoms with Crippen molar-refractivity contribution in [2.24, 2.45) is 0 Å². The fourth-order valence-electron chi connectivity index (χ4n) is 1.55. The summed E-state index contributed by atoms with van der Waals surface area (Å²) in [6.07, 6.45) is 2.53. The first-order valence-electron chi connectivity index (χ1n) is 5.35. The van der Waals surface area contributed by atoms with Crippen LogP contribution in [-0.2, 0) is 25.7 Å². The lowest BCUT2D eigenvalue weighted by Crippen LogP contribution is -2.17. The van der Waals surface area contributed by atoms with Gasteiger partial charge in [-0.25, -0.2) is 0 Å². The van der Waals surface area contributed by atoms with Gasteiger partial charge in [-0.05, 0) is 17.7 Å². The topological polar surface area (TPSA) is 60.4 Å². The Balaban J connectivity index is 2.18. The van der Waals surface area contributed by atoms with Gasteiger partial charge >= 0.3 is 0 Å². The number of hydrogen-bond donors (Lipinski definition) is 0. The van der Waals surface area contributed by atoms with Crippen LogP contribution in [0.4, 0.5) is 0 Å². The first-order valence-corrected chi connectivity index (χ1v) is 5.35. The van der Waals surface area contributed by atoms with E-state index in [0.29, 0.717) is 6.29 Å². The molecule has 0 saturated carbocycles. The maximum Gasteiger partial charge on any atom is 0.221 e. The third kappa shape index (κ3) is 2.43. The fraction of sp³-hybridized carbons (Fsp3) is 0.0714. The van der Waals surface area contributed by atoms with Crippen molar-refractivity contribution >= 4 is 17.9 Å². The fourth-order valence-corrected chi connectivity index (χ4v) is 1.55. The van der Waals surface area contributed by atoms with Crippen molar-refractivity contribution in [1.29, 1.82) is 0 Å². The number of rotatable bonds is 4. The summed E-state index contributed by atoms with van der Waals surface area (Å²) in [6.45, 7) is 0.139. The third-order valence-corrected chi connectivity index (χ3v) is 2.46. The molecule has 4 heteroatoms. The Hall–Kier alpha value is -2.49. The van der Waals surface area contributed by atoms with Crippen molar-refractivity contribution in [2.75, 3.05) is 0 Å². The Bertz CT molecular complexity index is 552. The van der Waals surface area contributed by atoms with E-state index >= 15 is 0 Å². The van der Waals surface area contributed by atoms with Crippen molar-refractivity contribution < 1.29 is 19.1 Å². The lowest BCUT2D eigenvalue weighted by molar-refractivity contribution is -0.119. The first kappa shape index (κ1) is 12.0. The molecule has 0 heterocycles. The molecular weight excluding hydrogens is 232 g/mol. The second kappa shape index (κ2) is 5.23. The number of carbonyl (C=O) groups excluding carboxylic acids is 3. The molecule has 0 fully saturated rings. The summed E-state index contributed by atoms with van der Waals surface area (Å²) < 4.78 is 5.28. The van der Waals surface area contributed by atoms with Gasteiger partial charge in [0.25, 0.3) is 0 Å². The molecule has 4 nitrogen and oxygen atoms in total. The highest BCUT2D eigenvalue weighted by Crippen LogP contribution is 2.16. The summed E-state index contributed by atoms with van der Waals surface area (Å²) in [4.78, 5) is 33.7. The SMILES string of the molecule is O=CC1=C(OCc2ccccc2)C(=O)C=CC1=O. The quantitative estimate of drug-likeness (QED) is 0.454.